The normalized spacial score (nSPS) is 11.6. The van der Waals surface area contributed by atoms with E-state index in [4.69, 9.17) is 4.42 Å². The average Bonchev–Trinajstić information content (AvgIpc) is 3.07. The van der Waals surface area contributed by atoms with E-state index in [0.29, 0.717) is 11.8 Å². The lowest BCUT2D eigenvalue weighted by Crippen LogP contribution is -2.26. The topological polar surface area (TPSA) is 85.1 Å². The van der Waals surface area contributed by atoms with Crippen LogP contribution >= 0.6 is 0 Å². The summed E-state index contributed by atoms with van der Waals surface area (Å²) in [5.41, 5.74) is 1.07. The number of aryl methyl sites for hydroxylation is 1. The molecule has 0 aliphatic heterocycles. The van der Waals surface area contributed by atoms with E-state index in [1.165, 1.54) is 19.1 Å². The number of sulfonamides is 1. The molecule has 0 amide bonds. The SMILES string of the molecule is Cc1cc(S(=O)(=O)NCCc2nnc(-c3ccccc3)o2)ccc1F. The van der Waals surface area contributed by atoms with Gasteiger partial charge in [0.05, 0.1) is 4.90 Å². The smallest absolute Gasteiger partial charge is 0.247 e. The van der Waals surface area contributed by atoms with E-state index in [9.17, 15) is 12.8 Å². The molecule has 0 atom stereocenters. The van der Waals surface area contributed by atoms with Crippen molar-refractivity contribution in [2.24, 2.45) is 0 Å². The lowest BCUT2D eigenvalue weighted by molar-refractivity contribution is 0.502. The fourth-order valence-corrected chi connectivity index (χ4v) is 3.33. The first-order valence-corrected chi connectivity index (χ1v) is 9.08. The second-order valence-electron chi connectivity index (χ2n) is 5.43. The molecule has 0 unspecified atom stereocenters. The van der Waals surface area contributed by atoms with Gasteiger partial charge < -0.3 is 4.42 Å². The largest absolute Gasteiger partial charge is 0.421 e. The number of hydrogen-bond donors (Lipinski definition) is 1. The van der Waals surface area contributed by atoms with Gasteiger partial charge in [-0.1, -0.05) is 18.2 Å². The maximum absolute atomic E-state index is 13.3. The molecular formula is C17H16FN3O3S. The van der Waals surface area contributed by atoms with Crippen molar-refractivity contribution in [1.82, 2.24) is 14.9 Å². The molecule has 0 spiro atoms. The molecule has 0 fully saturated rings. The molecule has 1 aromatic heterocycles. The van der Waals surface area contributed by atoms with Gasteiger partial charge in [0.1, 0.15) is 5.82 Å². The summed E-state index contributed by atoms with van der Waals surface area (Å²) < 4.78 is 45.6. The maximum atomic E-state index is 13.3. The average molecular weight is 361 g/mol. The number of benzene rings is 2. The standard InChI is InChI=1S/C17H16FN3O3S/c1-12-11-14(7-8-15(12)18)25(22,23)19-10-9-16-20-21-17(24-16)13-5-3-2-4-6-13/h2-8,11,19H,9-10H2,1H3. The van der Waals surface area contributed by atoms with Gasteiger partial charge in [0, 0.05) is 18.5 Å². The molecule has 3 aromatic rings. The molecule has 2 aromatic carbocycles. The van der Waals surface area contributed by atoms with E-state index in [1.54, 1.807) is 0 Å². The Balaban J connectivity index is 1.63. The van der Waals surface area contributed by atoms with Gasteiger partial charge in [0.15, 0.2) is 0 Å². The molecule has 1 heterocycles. The second kappa shape index (κ2) is 7.12. The molecule has 6 nitrogen and oxygen atoms in total. The lowest BCUT2D eigenvalue weighted by Gasteiger charge is -2.06. The highest BCUT2D eigenvalue weighted by atomic mass is 32.2. The van der Waals surface area contributed by atoms with Crippen molar-refractivity contribution >= 4 is 10.0 Å². The maximum Gasteiger partial charge on any atom is 0.247 e. The third-order valence-corrected chi connectivity index (χ3v) is 5.02. The Kier molecular flexibility index (Phi) is 4.91. The third kappa shape index (κ3) is 4.09. The van der Waals surface area contributed by atoms with Crippen molar-refractivity contribution in [3.05, 3.63) is 65.8 Å². The molecule has 0 aliphatic rings. The minimum Gasteiger partial charge on any atom is -0.421 e. The van der Waals surface area contributed by atoms with Crippen molar-refractivity contribution < 1.29 is 17.2 Å². The predicted octanol–water partition coefficient (Wildman–Crippen LogP) is 2.71. The van der Waals surface area contributed by atoms with Crippen molar-refractivity contribution in [2.75, 3.05) is 6.54 Å². The van der Waals surface area contributed by atoms with Crippen LogP contribution in [0.25, 0.3) is 11.5 Å². The molecular weight excluding hydrogens is 345 g/mol. The first kappa shape index (κ1) is 17.2. The Morgan fingerprint density at radius 1 is 1.12 bits per heavy atom. The Morgan fingerprint density at radius 3 is 2.60 bits per heavy atom. The van der Waals surface area contributed by atoms with Crippen LogP contribution in [0.5, 0.6) is 0 Å². The summed E-state index contributed by atoms with van der Waals surface area (Å²) in [5, 5.41) is 7.85. The van der Waals surface area contributed by atoms with Crippen molar-refractivity contribution in [3.8, 4) is 11.5 Å². The molecule has 3 rings (SSSR count). The molecule has 25 heavy (non-hydrogen) atoms. The van der Waals surface area contributed by atoms with Gasteiger partial charge in [0.25, 0.3) is 0 Å². The summed E-state index contributed by atoms with van der Waals surface area (Å²) in [6.07, 6.45) is 0.249. The highest BCUT2D eigenvalue weighted by molar-refractivity contribution is 7.89. The zero-order valence-corrected chi connectivity index (χ0v) is 14.3. The van der Waals surface area contributed by atoms with Crippen LogP contribution in [0.1, 0.15) is 11.5 Å². The predicted molar refractivity (Wildman–Crippen MR) is 89.8 cm³/mol. The van der Waals surface area contributed by atoms with Crippen LogP contribution in [0, 0.1) is 12.7 Å². The number of nitrogens with one attached hydrogen (secondary N) is 1. The van der Waals surface area contributed by atoms with Crippen LogP contribution in [0.15, 0.2) is 57.8 Å². The van der Waals surface area contributed by atoms with Gasteiger partial charge in [-0.05, 0) is 42.8 Å². The van der Waals surface area contributed by atoms with Gasteiger partial charge in [-0.3, -0.25) is 0 Å². The summed E-state index contributed by atoms with van der Waals surface area (Å²) in [6.45, 7) is 1.60. The van der Waals surface area contributed by atoms with Crippen molar-refractivity contribution in [2.45, 2.75) is 18.2 Å². The molecule has 1 N–H and O–H groups in total. The fourth-order valence-electron chi connectivity index (χ4n) is 2.21. The first-order valence-electron chi connectivity index (χ1n) is 7.59. The zero-order chi connectivity index (χ0) is 17.9. The van der Waals surface area contributed by atoms with E-state index in [0.717, 1.165) is 11.6 Å². The zero-order valence-electron chi connectivity index (χ0n) is 13.4. The number of nitrogens with zero attached hydrogens (tertiary/aromatic N) is 2. The van der Waals surface area contributed by atoms with Crippen LogP contribution in [0.3, 0.4) is 0 Å². The quantitative estimate of drug-likeness (QED) is 0.730. The van der Waals surface area contributed by atoms with Crippen molar-refractivity contribution in [1.29, 1.82) is 0 Å². The molecule has 0 radical (unpaired) electrons. The van der Waals surface area contributed by atoms with E-state index in [2.05, 4.69) is 14.9 Å². The van der Waals surface area contributed by atoms with Gasteiger partial charge in [-0.15, -0.1) is 10.2 Å². The summed E-state index contributed by atoms with van der Waals surface area (Å²) in [6, 6.07) is 12.9. The highest BCUT2D eigenvalue weighted by Gasteiger charge is 2.16. The molecule has 0 saturated carbocycles. The first-order chi connectivity index (χ1) is 12.0. The Hall–Kier alpha value is -2.58. The van der Waals surface area contributed by atoms with Gasteiger partial charge in [-0.2, -0.15) is 0 Å². The summed E-state index contributed by atoms with van der Waals surface area (Å²) in [4.78, 5) is 0.0157. The van der Waals surface area contributed by atoms with Crippen LogP contribution in [0.4, 0.5) is 4.39 Å². The van der Waals surface area contributed by atoms with Crippen LogP contribution < -0.4 is 4.72 Å². The van der Waals surface area contributed by atoms with Gasteiger partial charge in [-0.25, -0.2) is 17.5 Å². The molecule has 0 bridgehead atoms. The van der Waals surface area contributed by atoms with Gasteiger partial charge in [0.2, 0.25) is 21.8 Å². The minimum absolute atomic E-state index is 0.0157. The fraction of sp³-hybridized carbons (Fsp3) is 0.176. The Labute approximate surface area is 144 Å². The van der Waals surface area contributed by atoms with E-state index >= 15 is 0 Å². The summed E-state index contributed by atoms with van der Waals surface area (Å²) in [5.74, 6) is 0.266. The number of halogens is 1. The van der Waals surface area contributed by atoms with Crippen LogP contribution in [0.2, 0.25) is 0 Å². The van der Waals surface area contributed by atoms with E-state index in [-0.39, 0.29) is 23.4 Å². The third-order valence-electron chi connectivity index (χ3n) is 3.56. The summed E-state index contributed by atoms with van der Waals surface area (Å²) in [7, 11) is -3.72. The molecule has 0 saturated heterocycles. The molecule has 0 aliphatic carbocycles. The van der Waals surface area contributed by atoms with Crippen molar-refractivity contribution in [3.63, 3.8) is 0 Å². The highest BCUT2D eigenvalue weighted by Crippen LogP contribution is 2.17. The summed E-state index contributed by atoms with van der Waals surface area (Å²) >= 11 is 0. The molecule has 130 valence electrons. The second-order valence-corrected chi connectivity index (χ2v) is 7.19. The lowest BCUT2D eigenvalue weighted by atomic mass is 10.2. The minimum atomic E-state index is -3.72. The monoisotopic (exact) mass is 361 g/mol. The Morgan fingerprint density at radius 2 is 1.88 bits per heavy atom. The van der Waals surface area contributed by atoms with Crippen LogP contribution in [-0.2, 0) is 16.4 Å². The van der Waals surface area contributed by atoms with E-state index < -0.39 is 15.8 Å². The van der Waals surface area contributed by atoms with E-state index in [1.807, 2.05) is 30.3 Å². The molecule has 8 heteroatoms. The number of rotatable bonds is 6. The van der Waals surface area contributed by atoms with Gasteiger partial charge >= 0.3 is 0 Å². The number of aromatic nitrogens is 2. The van der Waals surface area contributed by atoms with Crippen LogP contribution in [-0.4, -0.2) is 25.2 Å². The Bertz CT molecular complexity index is 972. The number of hydrogen-bond acceptors (Lipinski definition) is 5.